The summed E-state index contributed by atoms with van der Waals surface area (Å²) in [5, 5.41) is 2.55. The van der Waals surface area contributed by atoms with Gasteiger partial charge in [0.05, 0.1) is 0 Å². The van der Waals surface area contributed by atoms with Gasteiger partial charge < -0.3 is 29.0 Å². The molecule has 158 valence electrons. The van der Waals surface area contributed by atoms with Gasteiger partial charge in [-0.15, -0.1) is 0 Å². The lowest BCUT2D eigenvalue weighted by atomic mass is 9.96. The first-order valence-corrected chi connectivity index (χ1v) is 8.65. The SMILES string of the molecule is CCC(=O)N[C@H]1C(OC(C)=O)O[C@H](COC(C)=O)[C@H](OC(C)=O)[C@@H]1OC(C)=O. The monoisotopic (exact) mass is 403 g/mol. The fourth-order valence-corrected chi connectivity index (χ4v) is 2.61. The van der Waals surface area contributed by atoms with Crippen molar-refractivity contribution in [2.75, 3.05) is 6.61 Å². The minimum atomic E-state index is -1.37. The lowest BCUT2D eigenvalue weighted by Gasteiger charge is -2.44. The van der Waals surface area contributed by atoms with Crippen molar-refractivity contribution in [2.24, 2.45) is 0 Å². The summed E-state index contributed by atoms with van der Waals surface area (Å²) in [5.74, 6) is -3.24. The normalized spacial score (nSPS) is 26.5. The number of carbonyl (C=O) groups excluding carboxylic acids is 5. The topological polar surface area (TPSA) is 144 Å². The van der Waals surface area contributed by atoms with Crippen molar-refractivity contribution in [3.63, 3.8) is 0 Å². The highest BCUT2D eigenvalue weighted by Gasteiger charge is 2.52. The average molecular weight is 403 g/mol. The van der Waals surface area contributed by atoms with Crippen LogP contribution in [0.5, 0.6) is 0 Å². The molecule has 11 nitrogen and oxygen atoms in total. The molecule has 0 aromatic heterocycles. The molecule has 1 amide bonds. The van der Waals surface area contributed by atoms with Crippen LogP contribution in [0.15, 0.2) is 0 Å². The Labute approximate surface area is 161 Å². The summed E-state index contributed by atoms with van der Waals surface area (Å²) in [6, 6.07) is -1.15. The first-order chi connectivity index (χ1) is 13.0. The van der Waals surface area contributed by atoms with Crippen molar-refractivity contribution in [1.82, 2.24) is 5.32 Å². The van der Waals surface area contributed by atoms with Crippen LogP contribution in [0.2, 0.25) is 0 Å². The molecule has 0 aromatic carbocycles. The van der Waals surface area contributed by atoms with Crippen LogP contribution in [-0.2, 0) is 47.7 Å². The highest BCUT2D eigenvalue weighted by atomic mass is 16.7. The van der Waals surface area contributed by atoms with Crippen LogP contribution < -0.4 is 5.32 Å². The van der Waals surface area contributed by atoms with E-state index in [2.05, 4.69) is 5.32 Å². The number of rotatable bonds is 7. The maximum Gasteiger partial charge on any atom is 0.305 e. The number of amides is 1. The first kappa shape index (κ1) is 23.3. The van der Waals surface area contributed by atoms with Gasteiger partial charge in [0.2, 0.25) is 12.2 Å². The molecule has 0 radical (unpaired) electrons. The number of hydrogen-bond acceptors (Lipinski definition) is 10. The molecular formula is C17H25NO10. The number of nitrogens with one attached hydrogen (secondary N) is 1. The maximum absolute atomic E-state index is 11.9. The molecule has 28 heavy (non-hydrogen) atoms. The van der Waals surface area contributed by atoms with E-state index in [0.29, 0.717) is 0 Å². The van der Waals surface area contributed by atoms with E-state index in [-0.39, 0.29) is 13.0 Å². The van der Waals surface area contributed by atoms with Crippen LogP contribution in [0.3, 0.4) is 0 Å². The van der Waals surface area contributed by atoms with Crippen molar-refractivity contribution in [3.05, 3.63) is 0 Å². The van der Waals surface area contributed by atoms with Gasteiger partial charge in [0.1, 0.15) is 18.8 Å². The summed E-state index contributed by atoms with van der Waals surface area (Å²) < 4.78 is 26.1. The van der Waals surface area contributed by atoms with E-state index in [4.69, 9.17) is 23.7 Å². The Morgan fingerprint density at radius 2 is 1.36 bits per heavy atom. The Kier molecular flexibility index (Phi) is 8.83. The minimum absolute atomic E-state index is 0.0885. The standard InChI is InChI=1S/C17H25NO10/c1-6-13(23)18-14-16(26-10(4)21)15(25-9(3)20)12(7-24-8(2)19)28-17(14)27-11(5)22/h12,14-17H,6-7H2,1-5H3,(H,18,23)/t12-,14-,15+,16-,17?/m1/s1. The van der Waals surface area contributed by atoms with Crippen molar-refractivity contribution < 1.29 is 47.7 Å². The number of carbonyl (C=O) groups is 5. The number of esters is 4. The van der Waals surface area contributed by atoms with Gasteiger partial charge in [-0.3, -0.25) is 24.0 Å². The molecule has 0 bridgehead atoms. The molecule has 1 heterocycles. The second-order valence-corrected chi connectivity index (χ2v) is 6.05. The highest BCUT2D eigenvalue weighted by molar-refractivity contribution is 5.76. The molecule has 1 aliphatic rings. The second kappa shape index (κ2) is 10.6. The zero-order valence-electron chi connectivity index (χ0n) is 16.4. The Morgan fingerprint density at radius 1 is 0.821 bits per heavy atom. The van der Waals surface area contributed by atoms with Gasteiger partial charge >= 0.3 is 23.9 Å². The molecule has 0 spiro atoms. The fraction of sp³-hybridized carbons (Fsp3) is 0.706. The molecule has 5 atom stereocenters. The second-order valence-electron chi connectivity index (χ2n) is 6.05. The van der Waals surface area contributed by atoms with Gasteiger partial charge in [-0.1, -0.05) is 6.92 Å². The lowest BCUT2D eigenvalue weighted by Crippen LogP contribution is -2.66. The molecule has 1 fully saturated rings. The third-order valence-electron chi connectivity index (χ3n) is 3.63. The van der Waals surface area contributed by atoms with Crippen molar-refractivity contribution in [2.45, 2.75) is 71.7 Å². The molecule has 11 heteroatoms. The van der Waals surface area contributed by atoms with E-state index in [9.17, 15) is 24.0 Å². The smallest absolute Gasteiger partial charge is 0.305 e. The Hall–Kier alpha value is -2.69. The van der Waals surface area contributed by atoms with E-state index in [1.165, 1.54) is 6.92 Å². The van der Waals surface area contributed by atoms with E-state index in [1.807, 2.05) is 0 Å². The lowest BCUT2D eigenvalue weighted by molar-refractivity contribution is -0.271. The summed E-state index contributed by atoms with van der Waals surface area (Å²) in [4.78, 5) is 57.8. The van der Waals surface area contributed by atoms with Crippen LogP contribution in [0.1, 0.15) is 41.0 Å². The minimum Gasteiger partial charge on any atom is -0.463 e. The zero-order chi connectivity index (χ0) is 21.4. The van der Waals surface area contributed by atoms with Crippen LogP contribution >= 0.6 is 0 Å². The summed E-state index contributed by atoms with van der Waals surface area (Å²) in [6.07, 6.45) is -4.88. The predicted octanol–water partition coefficient (Wildman–Crippen LogP) is -0.404. The van der Waals surface area contributed by atoms with Crippen LogP contribution in [0.25, 0.3) is 0 Å². The molecule has 0 aromatic rings. The molecule has 1 N–H and O–H groups in total. The first-order valence-electron chi connectivity index (χ1n) is 8.65. The maximum atomic E-state index is 11.9. The predicted molar refractivity (Wildman–Crippen MR) is 90.4 cm³/mol. The highest BCUT2D eigenvalue weighted by Crippen LogP contribution is 2.28. The van der Waals surface area contributed by atoms with E-state index in [1.54, 1.807) is 6.92 Å². The van der Waals surface area contributed by atoms with Crippen LogP contribution in [0, 0.1) is 0 Å². The molecule has 1 unspecified atom stereocenters. The summed E-state index contributed by atoms with van der Waals surface area (Å²) in [6.45, 7) is 5.78. The largest absolute Gasteiger partial charge is 0.463 e. The van der Waals surface area contributed by atoms with Crippen LogP contribution in [0.4, 0.5) is 0 Å². The van der Waals surface area contributed by atoms with E-state index in [0.717, 1.165) is 20.8 Å². The summed E-state index contributed by atoms with van der Waals surface area (Å²) >= 11 is 0. The molecule has 0 saturated carbocycles. The van der Waals surface area contributed by atoms with E-state index < -0.39 is 60.4 Å². The molecule has 1 saturated heterocycles. The van der Waals surface area contributed by atoms with Gasteiger partial charge in [0.15, 0.2) is 12.2 Å². The fourth-order valence-electron chi connectivity index (χ4n) is 2.61. The Bertz CT molecular complexity index is 619. The Morgan fingerprint density at radius 3 is 1.82 bits per heavy atom. The Balaban J connectivity index is 3.31. The van der Waals surface area contributed by atoms with Gasteiger partial charge in [0.25, 0.3) is 0 Å². The van der Waals surface area contributed by atoms with Gasteiger partial charge in [-0.25, -0.2) is 0 Å². The summed E-state index contributed by atoms with van der Waals surface area (Å²) in [7, 11) is 0. The number of hydrogen-bond donors (Lipinski definition) is 1. The average Bonchev–Trinajstić information content (AvgIpc) is 2.56. The molecule has 0 aliphatic carbocycles. The van der Waals surface area contributed by atoms with Crippen molar-refractivity contribution in [1.29, 1.82) is 0 Å². The molecule has 1 rings (SSSR count). The summed E-state index contributed by atoms with van der Waals surface area (Å²) in [5.41, 5.74) is 0. The van der Waals surface area contributed by atoms with Gasteiger partial charge in [0, 0.05) is 34.1 Å². The zero-order valence-corrected chi connectivity index (χ0v) is 16.4. The van der Waals surface area contributed by atoms with Gasteiger partial charge in [-0.05, 0) is 0 Å². The molecular weight excluding hydrogens is 378 g/mol. The third-order valence-corrected chi connectivity index (χ3v) is 3.63. The quantitative estimate of drug-likeness (QED) is 0.440. The van der Waals surface area contributed by atoms with Crippen LogP contribution in [-0.4, -0.2) is 67.0 Å². The number of ether oxygens (including phenoxy) is 5. The third kappa shape index (κ3) is 7.14. The molecule has 1 aliphatic heterocycles. The van der Waals surface area contributed by atoms with E-state index >= 15 is 0 Å². The van der Waals surface area contributed by atoms with Crippen molar-refractivity contribution in [3.8, 4) is 0 Å². The van der Waals surface area contributed by atoms with Gasteiger partial charge in [-0.2, -0.15) is 0 Å². The van der Waals surface area contributed by atoms with Crippen molar-refractivity contribution >= 4 is 29.8 Å².